The maximum Gasteiger partial charge on any atom is 0.247 e. The molecule has 38 heavy (non-hydrogen) atoms. The van der Waals surface area contributed by atoms with Crippen molar-refractivity contribution in [2.45, 2.75) is 57.0 Å². The molecule has 0 bridgehead atoms. The summed E-state index contributed by atoms with van der Waals surface area (Å²) in [6.07, 6.45) is 2.42. The Hall–Kier alpha value is -3.49. The van der Waals surface area contributed by atoms with Crippen molar-refractivity contribution in [3.63, 3.8) is 0 Å². The standard InChI is InChI=1S/C30H37N3O4S/c1-3-5-22-31-30(35)29(26-14-10-7-11-15-26)33(23-25-12-8-6-9-13-25)28(34)21-18-24-16-19-27(20-17-24)38(36,37)32-4-2/h6-17,19-20,29,32H,3-5,18,21-23H2,1-2H3,(H,31,35). The van der Waals surface area contributed by atoms with Gasteiger partial charge in [0.15, 0.2) is 0 Å². The lowest BCUT2D eigenvalue weighted by Crippen LogP contribution is -2.43. The third kappa shape index (κ3) is 8.26. The Morgan fingerprint density at radius 2 is 1.47 bits per heavy atom. The highest BCUT2D eigenvalue weighted by Crippen LogP contribution is 2.25. The Labute approximate surface area is 226 Å². The molecule has 0 heterocycles. The summed E-state index contributed by atoms with van der Waals surface area (Å²) in [7, 11) is -3.54. The van der Waals surface area contributed by atoms with Gasteiger partial charge in [-0.2, -0.15) is 0 Å². The number of amides is 2. The van der Waals surface area contributed by atoms with E-state index in [0.29, 0.717) is 26.1 Å². The van der Waals surface area contributed by atoms with Gasteiger partial charge in [0.25, 0.3) is 0 Å². The average molecular weight is 536 g/mol. The van der Waals surface area contributed by atoms with E-state index in [1.54, 1.807) is 36.1 Å². The lowest BCUT2D eigenvalue weighted by Gasteiger charge is -2.32. The Balaban J connectivity index is 1.85. The number of hydrogen-bond acceptors (Lipinski definition) is 4. The number of carbonyl (C=O) groups excluding carboxylic acids is 2. The minimum Gasteiger partial charge on any atom is -0.354 e. The molecular formula is C30H37N3O4S. The molecule has 7 nitrogen and oxygen atoms in total. The van der Waals surface area contributed by atoms with Crippen LogP contribution < -0.4 is 10.0 Å². The van der Waals surface area contributed by atoms with Crippen LogP contribution >= 0.6 is 0 Å². The number of aryl methyl sites for hydroxylation is 1. The molecule has 0 radical (unpaired) electrons. The number of hydrogen-bond donors (Lipinski definition) is 2. The summed E-state index contributed by atoms with van der Waals surface area (Å²) >= 11 is 0. The summed E-state index contributed by atoms with van der Waals surface area (Å²) in [5, 5.41) is 3.01. The first kappa shape index (κ1) is 29.1. The highest BCUT2D eigenvalue weighted by atomic mass is 32.2. The van der Waals surface area contributed by atoms with Crippen LogP contribution in [-0.2, 0) is 32.6 Å². The number of rotatable bonds is 14. The van der Waals surface area contributed by atoms with Crippen LogP contribution in [0.2, 0.25) is 0 Å². The second kappa shape index (κ2) is 14.4. The number of nitrogens with one attached hydrogen (secondary N) is 2. The molecule has 1 unspecified atom stereocenters. The summed E-state index contributed by atoms with van der Waals surface area (Å²) in [4.78, 5) is 29.0. The molecule has 0 saturated heterocycles. The topological polar surface area (TPSA) is 95.6 Å². The molecule has 3 rings (SSSR count). The van der Waals surface area contributed by atoms with Crippen LogP contribution in [0.25, 0.3) is 0 Å². The van der Waals surface area contributed by atoms with Crippen molar-refractivity contribution < 1.29 is 18.0 Å². The van der Waals surface area contributed by atoms with Gasteiger partial charge in [0, 0.05) is 26.1 Å². The molecule has 0 saturated carbocycles. The normalized spacial score (nSPS) is 12.1. The minimum atomic E-state index is -3.54. The zero-order valence-electron chi connectivity index (χ0n) is 22.1. The number of benzene rings is 3. The summed E-state index contributed by atoms with van der Waals surface area (Å²) in [6, 6.07) is 24.8. The minimum absolute atomic E-state index is 0.155. The molecule has 0 aliphatic heterocycles. The van der Waals surface area contributed by atoms with Crippen molar-refractivity contribution >= 4 is 21.8 Å². The van der Waals surface area contributed by atoms with Gasteiger partial charge in [-0.1, -0.05) is 93.1 Å². The average Bonchev–Trinajstić information content (AvgIpc) is 2.93. The highest BCUT2D eigenvalue weighted by molar-refractivity contribution is 7.89. The molecule has 202 valence electrons. The Morgan fingerprint density at radius 3 is 2.08 bits per heavy atom. The molecule has 3 aromatic rings. The van der Waals surface area contributed by atoms with Crippen LogP contribution in [0.4, 0.5) is 0 Å². The van der Waals surface area contributed by atoms with Gasteiger partial charge in [-0.3, -0.25) is 9.59 Å². The third-order valence-corrected chi connectivity index (χ3v) is 7.78. The smallest absolute Gasteiger partial charge is 0.247 e. The lowest BCUT2D eigenvalue weighted by atomic mass is 10.0. The van der Waals surface area contributed by atoms with E-state index in [9.17, 15) is 18.0 Å². The van der Waals surface area contributed by atoms with E-state index in [1.165, 1.54) is 0 Å². The second-order valence-corrected chi connectivity index (χ2v) is 10.9. The molecule has 3 aromatic carbocycles. The fourth-order valence-corrected chi connectivity index (χ4v) is 5.24. The van der Waals surface area contributed by atoms with Crippen molar-refractivity contribution in [3.05, 3.63) is 102 Å². The summed E-state index contributed by atoms with van der Waals surface area (Å²) in [5.41, 5.74) is 2.53. The van der Waals surface area contributed by atoms with Crippen molar-refractivity contribution in [2.24, 2.45) is 0 Å². The lowest BCUT2D eigenvalue weighted by molar-refractivity contribution is -0.141. The molecule has 0 aromatic heterocycles. The first-order valence-corrected chi connectivity index (χ1v) is 14.6. The quantitative estimate of drug-likeness (QED) is 0.295. The van der Waals surface area contributed by atoms with Gasteiger partial charge in [0.2, 0.25) is 21.8 Å². The maximum absolute atomic E-state index is 13.7. The number of nitrogens with zero attached hydrogens (tertiary/aromatic N) is 1. The largest absolute Gasteiger partial charge is 0.354 e. The molecule has 2 amide bonds. The van der Waals surface area contributed by atoms with Gasteiger partial charge < -0.3 is 10.2 Å². The van der Waals surface area contributed by atoms with Crippen molar-refractivity contribution in [3.8, 4) is 0 Å². The Morgan fingerprint density at radius 1 is 0.842 bits per heavy atom. The fraction of sp³-hybridized carbons (Fsp3) is 0.333. The Kier molecular flexibility index (Phi) is 11.1. The predicted molar refractivity (Wildman–Crippen MR) is 150 cm³/mol. The van der Waals surface area contributed by atoms with Gasteiger partial charge in [0.1, 0.15) is 6.04 Å². The second-order valence-electron chi connectivity index (χ2n) is 9.11. The summed E-state index contributed by atoms with van der Waals surface area (Å²) in [5.74, 6) is -0.357. The van der Waals surface area contributed by atoms with E-state index < -0.39 is 16.1 Å². The molecule has 8 heteroatoms. The maximum atomic E-state index is 13.7. The SMILES string of the molecule is CCCCNC(=O)C(c1ccccc1)N(Cc1ccccc1)C(=O)CCc1ccc(S(=O)(=O)NCC)cc1. The van der Waals surface area contributed by atoms with Gasteiger partial charge in [0.05, 0.1) is 4.90 Å². The van der Waals surface area contributed by atoms with E-state index in [-0.39, 0.29) is 23.1 Å². The first-order chi connectivity index (χ1) is 18.4. The molecular weight excluding hydrogens is 498 g/mol. The number of unbranched alkanes of at least 4 members (excludes halogenated alkanes) is 1. The third-order valence-electron chi connectivity index (χ3n) is 6.22. The molecule has 0 aliphatic carbocycles. The van der Waals surface area contributed by atoms with Crippen molar-refractivity contribution in [1.82, 2.24) is 14.9 Å². The molecule has 2 N–H and O–H groups in total. The fourth-order valence-electron chi connectivity index (χ4n) is 4.20. The van der Waals surface area contributed by atoms with Gasteiger partial charge in [-0.25, -0.2) is 13.1 Å². The van der Waals surface area contributed by atoms with E-state index in [1.807, 2.05) is 60.7 Å². The van der Waals surface area contributed by atoms with Gasteiger partial charge in [-0.15, -0.1) is 0 Å². The van der Waals surface area contributed by atoms with Crippen molar-refractivity contribution in [2.75, 3.05) is 13.1 Å². The van der Waals surface area contributed by atoms with Crippen LogP contribution in [-0.4, -0.2) is 38.2 Å². The van der Waals surface area contributed by atoms with Gasteiger partial charge >= 0.3 is 0 Å². The zero-order valence-corrected chi connectivity index (χ0v) is 22.9. The number of carbonyl (C=O) groups is 2. The summed E-state index contributed by atoms with van der Waals surface area (Å²) in [6.45, 7) is 4.94. The van der Waals surface area contributed by atoms with Crippen LogP contribution in [0.1, 0.15) is 55.8 Å². The predicted octanol–water partition coefficient (Wildman–Crippen LogP) is 4.60. The van der Waals surface area contributed by atoms with Crippen molar-refractivity contribution in [1.29, 1.82) is 0 Å². The molecule has 0 fully saturated rings. The van der Waals surface area contributed by atoms with Gasteiger partial charge in [-0.05, 0) is 41.7 Å². The monoisotopic (exact) mass is 535 g/mol. The van der Waals surface area contributed by atoms with E-state index in [0.717, 1.165) is 29.5 Å². The van der Waals surface area contributed by atoms with E-state index in [4.69, 9.17) is 0 Å². The van der Waals surface area contributed by atoms with Crippen LogP contribution in [0.5, 0.6) is 0 Å². The summed E-state index contributed by atoms with van der Waals surface area (Å²) < 4.78 is 26.9. The Bertz CT molecular complexity index is 1260. The number of sulfonamides is 1. The highest BCUT2D eigenvalue weighted by Gasteiger charge is 2.31. The first-order valence-electron chi connectivity index (χ1n) is 13.1. The van der Waals surface area contributed by atoms with Crippen LogP contribution in [0, 0.1) is 0 Å². The van der Waals surface area contributed by atoms with E-state index >= 15 is 0 Å². The van der Waals surface area contributed by atoms with E-state index in [2.05, 4.69) is 17.0 Å². The molecule has 0 aliphatic rings. The van der Waals surface area contributed by atoms with Crippen LogP contribution in [0.3, 0.4) is 0 Å². The molecule has 0 spiro atoms. The zero-order chi connectivity index (χ0) is 27.4. The molecule has 1 atom stereocenters. The van der Waals surface area contributed by atoms with Crippen LogP contribution in [0.15, 0.2) is 89.8 Å².